The molecule has 0 fully saturated rings. The summed E-state index contributed by atoms with van der Waals surface area (Å²) in [6, 6.07) is 17.6. The van der Waals surface area contributed by atoms with Gasteiger partial charge in [0.05, 0.1) is 12.2 Å². The van der Waals surface area contributed by atoms with Crippen molar-refractivity contribution in [1.29, 1.82) is 0 Å². The van der Waals surface area contributed by atoms with Crippen LogP contribution in [0.3, 0.4) is 0 Å². The smallest absolute Gasteiger partial charge is 0.274 e. The van der Waals surface area contributed by atoms with Crippen LogP contribution in [0.5, 0.6) is 0 Å². The van der Waals surface area contributed by atoms with Crippen molar-refractivity contribution in [3.8, 4) is 11.4 Å². The van der Waals surface area contributed by atoms with E-state index in [0.717, 1.165) is 23.2 Å². The maximum atomic E-state index is 12.5. The first kappa shape index (κ1) is 17.0. The molecule has 2 aromatic heterocycles. The Morgan fingerprint density at radius 1 is 1.07 bits per heavy atom. The number of H-pyrrole nitrogens is 1. The highest BCUT2D eigenvalue weighted by Gasteiger charge is 2.11. The quantitative estimate of drug-likeness (QED) is 0.571. The highest BCUT2D eigenvalue weighted by molar-refractivity contribution is 5.61. The number of benzene rings is 2. The first-order chi connectivity index (χ1) is 13.2. The summed E-state index contributed by atoms with van der Waals surface area (Å²) < 4.78 is 1.38. The van der Waals surface area contributed by atoms with Gasteiger partial charge in [0.2, 0.25) is 0 Å². The van der Waals surface area contributed by atoms with E-state index in [0.29, 0.717) is 23.8 Å². The Hall–Kier alpha value is -3.41. The van der Waals surface area contributed by atoms with Crippen LogP contribution in [0.25, 0.3) is 17.2 Å². The third-order valence-corrected chi connectivity index (χ3v) is 4.64. The van der Waals surface area contributed by atoms with Gasteiger partial charge >= 0.3 is 0 Å². The molecule has 136 valence electrons. The van der Waals surface area contributed by atoms with Crippen LogP contribution in [0.4, 0.5) is 5.69 Å². The first-order valence-electron chi connectivity index (χ1n) is 9.02. The maximum absolute atomic E-state index is 12.5. The molecule has 0 radical (unpaired) electrons. The van der Waals surface area contributed by atoms with Crippen LogP contribution in [-0.2, 0) is 13.0 Å². The molecule has 0 bridgehead atoms. The lowest BCUT2D eigenvalue weighted by molar-refractivity contribution is 0.878. The number of nitrogens with zero attached hydrogens (tertiary/aromatic N) is 3. The lowest BCUT2D eigenvalue weighted by atomic mass is 10.1. The van der Waals surface area contributed by atoms with Crippen LogP contribution in [0.1, 0.15) is 23.7 Å². The molecule has 0 aliphatic heterocycles. The van der Waals surface area contributed by atoms with Gasteiger partial charge in [0.25, 0.3) is 11.3 Å². The molecule has 0 aliphatic rings. The number of hydrogen-bond donors (Lipinski definition) is 2. The lowest BCUT2D eigenvalue weighted by Gasteiger charge is -2.10. The number of fused-ring (bicyclic) bond motifs is 1. The van der Waals surface area contributed by atoms with Crippen LogP contribution in [0, 0.1) is 6.92 Å². The molecule has 0 aliphatic carbocycles. The molecule has 0 atom stereocenters. The molecule has 0 saturated carbocycles. The Bertz CT molecular complexity index is 1160. The summed E-state index contributed by atoms with van der Waals surface area (Å²) in [4.78, 5) is 21.6. The second kappa shape index (κ2) is 7.07. The fraction of sp³-hybridized carbons (Fsp3) is 0.190. The molecule has 0 unspecified atom stereocenters. The van der Waals surface area contributed by atoms with Gasteiger partial charge in [-0.3, -0.25) is 9.89 Å². The number of para-hydroxylation sites is 1. The molecule has 6 heteroatoms. The number of rotatable bonds is 5. The SMILES string of the molecule is CCc1ccccc1NCc1cc(=O)n2[nH]c(-c3ccccc3C)nc2n1. The van der Waals surface area contributed by atoms with Gasteiger partial charge < -0.3 is 5.32 Å². The molecule has 27 heavy (non-hydrogen) atoms. The molecule has 6 nitrogen and oxygen atoms in total. The third kappa shape index (κ3) is 3.33. The summed E-state index contributed by atoms with van der Waals surface area (Å²) in [5.41, 5.74) is 4.82. The van der Waals surface area contributed by atoms with E-state index in [9.17, 15) is 4.79 Å². The zero-order valence-corrected chi connectivity index (χ0v) is 15.4. The largest absolute Gasteiger partial charge is 0.379 e. The van der Waals surface area contributed by atoms with Crippen LogP contribution in [-0.4, -0.2) is 19.6 Å². The maximum Gasteiger partial charge on any atom is 0.274 e. The van der Waals surface area contributed by atoms with Gasteiger partial charge in [-0.15, -0.1) is 0 Å². The Labute approximate surface area is 156 Å². The first-order valence-corrected chi connectivity index (χ1v) is 9.02. The van der Waals surface area contributed by atoms with Gasteiger partial charge in [0.15, 0.2) is 5.82 Å². The van der Waals surface area contributed by atoms with E-state index < -0.39 is 0 Å². The summed E-state index contributed by atoms with van der Waals surface area (Å²) in [6.45, 7) is 4.60. The highest BCUT2D eigenvalue weighted by atomic mass is 16.1. The molecule has 2 aromatic carbocycles. The van der Waals surface area contributed by atoms with Crippen molar-refractivity contribution in [3.05, 3.63) is 81.8 Å². The second-order valence-corrected chi connectivity index (χ2v) is 6.47. The van der Waals surface area contributed by atoms with E-state index in [1.54, 1.807) is 0 Å². The second-order valence-electron chi connectivity index (χ2n) is 6.47. The van der Waals surface area contributed by atoms with Crippen LogP contribution >= 0.6 is 0 Å². The number of nitrogens with one attached hydrogen (secondary N) is 2. The predicted octanol–water partition coefficient (Wildman–Crippen LogP) is 3.57. The molecular weight excluding hydrogens is 338 g/mol. The van der Waals surface area contributed by atoms with E-state index in [1.807, 2.05) is 49.4 Å². The molecule has 2 heterocycles. The predicted molar refractivity (Wildman–Crippen MR) is 107 cm³/mol. The van der Waals surface area contributed by atoms with E-state index in [-0.39, 0.29) is 5.56 Å². The van der Waals surface area contributed by atoms with E-state index in [2.05, 4.69) is 33.4 Å². The zero-order valence-electron chi connectivity index (χ0n) is 15.4. The molecule has 4 aromatic rings. The van der Waals surface area contributed by atoms with Gasteiger partial charge in [-0.25, -0.2) is 4.98 Å². The summed E-state index contributed by atoms with van der Waals surface area (Å²) >= 11 is 0. The minimum atomic E-state index is -0.173. The molecule has 0 amide bonds. The summed E-state index contributed by atoms with van der Waals surface area (Å²) in [7, 11) is 0. The number of aromatic amines is 1. The van der Waals surface area contributed by atoms with E-state index >= 15 is 0 Å². The zero-order chi connectivity index (χ0) is 18.8. The average Bonchev–Trinajstić information content (AvgIpc) is 3.11. The van der Waals surface area contributed by atoms with Crippen molar-refractivity contribution in [1.82, 2.24) is 19.6 Å². The number of hydrogen-bond acceptors (Lipinski definition) is 4. The number of aryl methyl sites for hydroxylation is 2. The van der Waals surface area contributed by atoms with Crippen molar-refractivity contribution < 1.29 is 0 Å². The Morgan fingerprint density at radius 3 is 2.67 bits per heavy atom. The fourth-order valence-electron chi connectivity index (χ4n) is 3.16. The topological polar surface area (TPSA) is 75.1 Å². The standard InChI is InChI=1S/C21H21N5O/c1-3-15-9-5-7-11-18(15)22-13-16-12-19(27)26-21(23-16)24-20(25-26)17-10-6-4-8-14(17)2/h4-12,22H,3,13H2,1-2H3,(H,23,24,25). The molecule has 0 spiro atoms. The minimum Gasteiger partial charge on any atom is -0.379 e. The summed E-state index contributed by atoms with van der Waals surface area (Å²) in [5.74, 6) is 1.01. The summed E-state index contributed by atoms with van der Waals surface area (Å²) in [6.07, 6.45) is 0.942. The van der Waals surface area contributed by atoms with Gasteiger partial charge in [-0.05, 0) is 30.5 Å². The van der Waals surface area contributed by atoms with Gasteiger partial charge in [-0.2, -0.15) is 9.50 Å². The fourth-order valence-corrected chi connectivity index (χ4v) is 3.16. The lowest BCUT2D eigenvalue weighted by Crippen LogP contribution is -2.17. The van der Waals surface area contributed by atoms with Crippen LogP contribution in [0.2, 0.25) is 0 Å². The van der Waals surface area contributed by atoms with E-state index in [4.69, 9.17) is 0 Å². The van der Waals surface area contributed by atoms with Gasteiger partial charge in [0.1, 0.15) is 0 Å². The third-order valence-electron chi connectivity index (χ3n) is 4.64. The number of anilines is 1. The average molecular weight is 359 g/mol. The number of aromatic nitrogens is 4. The molecule has 2 N–H and O–H groups in total. The molecule has 0 saturated heterocycles. The minimum absolute atomic E-state index is 0.173. The summed E-state index contributed by atoms with van der Waals surface area (Å²) in [5, 5.41) is 6.42. The van der Waals surface area contributed by atoms with Crippen LogP contribution in [0.15, 0.2) is 59.4 Å². The Kier molecular flexibility index (Phi) is 4.46. The van der Waals surface area contributed by atoms with Crippen molar-refractivity contribution >= 4 is 11.5 Å². The van der Waals surface area contributed by atoms with E-state index in [1.165, 1.54) is 16.1 Å². The van der Waals surface area contributed by atoms with Crippen LogP contribution < -0.4 is 10.9 Å². The highest BCUT2D eigenvalue weighted by Crippen LogP contribution is 2.19. The normalized spacial score (nSPS) is 11.0. The monoisotopic (exact) mass is 359 g/mol. The Morgan fingerprint density at radius 2 is 1.85 bits per heavy atom. The molecule has 4 rings (SSSR count). The van der Waals surface area contributed by atoms with Crippen molar-refractivity contribution in [3.63, 3.8) is 0 Å². The van der Waals surface area contributed by atoms with Crippen molar-refractivity contribution in [2.24, 2.45) is 0 Å². The van der Waals surface area contributed by atoms with Gasteiger partial charge in [0, 0.05) is 17.3 Å². The molecular formula is C21H21N5O. The van der Waals surface area contributed by atoms with Crippen molar-refractivity contribution in [2.45, 2.75) is 26.8 Å². The van der Waals surface area contributed by atoms with Gasteiger partial charge in [-0.1, -0.05) is 49.4 Å². The Balaban J connectivity index is 1.66. The van der Waals surface area contributed by atoms with Crippen molar-refractivity contribution in [2.75, 3.05) is 5.32 Å².